The molecule has 2 fully saturated rings. The molecule has 2 saturated carbocycles. The topological polar surface area (TPSA) is 26.0 Å². The molecule has 0 aliphatic heterocycles. The molecule has 2 aliphatic carbocycles. The highest BCUT2D eigenvalue weighted by Crippen LogP contribution is 2.57. The van der Waals surface area contributed by atoms with Crippen LogP contribution in [-0.4, -0.2) is 0 Å². The lowest BCUT2D eigenvalue weighted by atomic mass is 9.90. The second-order valence-electron chi connectivity index (χ2n) is 5.18. The molecule has 16 heavy (non-hydrogen) atoms. The zero-order valence-corrected chi connectivity index (χ0v) is 10.5. The molecule has 1 nitrogen and oxygen atoms in total. The Kier molecular flexibility index (Phi) is 2.66. The van der Waals surface area contributed by atoms with Gasteiger partial charge in [0.15, 0.2) is 0 Å². The predicted molar refractivity (Wildman–Crippen MR) is 67.7 cm³/mol. The van der Waals surface area contributed by atoms with Gasteiger partial charge in [0.25, 0.3) is 0 Å². The van der Waals surface area contributed by atoms with Gasteiger partial charge in [-0.3, -0.25) is 0 Å². The standard InChI is InChI=1S/C13H15Cl2N/c14-10-1-2-11(12(15)6-10)13(16)9-4-7-3-8(7)5-9/h1-2,6-9,13H,3-5,16H2. The van der Waals surface area contributed by atoms with Crippen LogP contribution in [0.25, 0.3) is 0 Å². The molecule has 2 N–H and O–H groups in total. The van der Waals surface area contributed by atoms with Gasteiger partial charge in [-0.05, 0) is 54.7 Å². The van der Waals surface area contributed by atoms with Crippen molar-refractivity contribution in [2.24, 2.45) is 23.5 Å². The van der Waals surface area contributed by atoms with Crippen molar-refractivity contribution < 1.29 is 0 Å². The molecule has 0 radical (unpaired) electrons. The molecule has 3 rings (SSSR count). The fourth-order valence-corrected chi connectivity index (χ4v) is 3.62. The first-order valence-corrected chi connectivity index (χ1v) is 6.61. The molecule has 3 unspecified atom stereocenters. The van der Waals surface area contributed by atoms with Crippen molar-refractivity contribution in [2.45, 2.75) is 25.3 Å². The fraction of sp³-hybridized carbons (Fsp3) is 0.538. The van der Waals surface area contributed by atoms with Crippen LogP contribution in [0.2, 0.25) is 10.0 Å². The van der Waals surface area contributed by atoms with Crippen LogP contribution in [0.4, 0.5) is 0 Å². The van der Waals surface area contributed by atoms with Crippen molar-refractivity contribution >= 4 is 23.2 Å². The third-order valence-corrected chi connectivity index (χ3v) is 4.67. The van der Waals surface area contributed by atoms with Crippen molar-refractivity contribution in [1.82, 2.24) is 0 Å². The molecule has 1 aromatic carbocycles. The quantitative estimate of drug-likeness (QED) is 0.849. The first kappa shape index (κ1) is 10.9. The first-order valence-electron chi connectivity index (χ1n) is 5.85. The van der Waals surface area contributed by atoms with E-state index >= 15 is 0 Å². The third kappa shape index (κ3) is 1.85. The Morgan fingerprint density at radius 1 is 1.12 bits per heavy atom. The molecule has 86 valence electrons. The van der Waals surface area contributed by atoms with Gasteiger partial charge in [-0.25, -0.2) is 0 Å². The number of nitrogens with two attached hydrogens (primary N) is 1. The fourth-order valence-electron chi connectivity index (χ4n) is 3.08. The van der Waals surface area contributed by atoms with Gasteiger partial charge in [-0.15, -0.1) is 0 Å². The normalized spacial score (nSPS) is 33.6. The van der Waals surface area contributed by atoms with Crippen LogP contribution in [0.15, 0.2) is 18.2 Å². The highest BCUT2D eigenvalue weighted by atomic mass is 35.5. The van der Waals surface area contributed by atoms with E-state index < -0.39 is 0 Å². The zero-order chi connectivity index (χ0) is 11.3. The van der Waals surface area contributed by atoms with Crippen LogP contribution >= 0.6 is 23.2 Å². The highest BCUT2D eigenvalue weighted by Gasteiger charge is 2.47. The summed E-state index contributed by atoms with van der Waals surface area (Å²) in [5.74, 6) is 2.53. The summed E-state index contributed by atoms with van der Waals surface area (Å²) in [6, 6.07) is 5.71. The van der Waals surface area contributed by atoms with Gasteiger partial charge in [0.05, 0.1) is 0 Å². The van der Waals surface area contributed by atoms with Gasteiger partial charge in [-0.2, -0.15) is 0 Å². The zero-order valence-electron chi connectivity index (χ0n) is 9.00. The molecule has 0 heterocycles. The second kappa shape index (κ2) is 3.90. The number of halogens is 2. The maximum Gasteiger partial charge on any atom is 0.0468 e. The van der Waals surface area contributed by atoms with Crippen molar-refractivity contribution in [1.29, 1.82) is 0 Å². The number of fused-ring (bicyclic) bond motifs is 1. The number of rotatable bonds is 2. The molecular weight excluding hydrogens is 241 g/mol. The molecule has 0 amide bonds. The molecule has 0 saturated heterocycles. The van der Waals surface area contributed by atoms with Crippen LogP contribution in [0.1, 0.15) is 30.9 Å². The Morgan fingerprint density at radius 3 is 2.44 bits per heavy atom. The number of hydrogen-bond acceptors (Lipinski definition) is 1. The van der Waals surface area contributed by atoms with E-state index in [9.17, 15) is 0 Å². The average molecular weight is 256 g/mol. The summed E-state index contributed by atoms with van der Waals surface area (Å²) in [4.78, 5) is 0. The van der Waals surface area contributed by atoms with Crippen molar-refractivity contribution in [3.05, 3.63) is 33.8 Å². The van der Waals surface area contributed by atoms with E-state index in [1.54, 1.807) is 6.07 Å². The number of benzene rings is 1. The summed E-state index contributed by atoms with van der Waals surface area (Å²) < 4.78 is 0. The van der Waals surface area contributed by atoms with E-state index in [-0.39, 0.29) is 6.04 Å². The molecular formula is C13H15Cl2N. The maximum absolute atomic E-state index is 6.31. The Bertz CT molecular complexity index is 408. The Morgan fingerprint density at radius 2 is 1.81 bits per heavy atom. The molecule has 3 atom stereocenters. The lowest BCUT2D eigenvalue weighted by molar-refractivity contribution is 0.404. The van der Waals surface area contributed by atoms with Gasteiger partial charge in [0, 0.05) is 16.1 Å². The van der Waals surface area contributed by atoms with E-state index in [1.165, 1.54) is 19.3 Å². The van der Waals surface area contributed by atoms with E-state index in [1.807, 2.05) is 12.1 Å². The first-order chi connectivity index (χ1) is 7.65. The minimum absolute atomic E-state index is 0.0811. The van der Waals surface area contributed by atoms with Gasteiger partial charge < -0.3 is 5.73 Å². The Hall–Kier alpha value is -0.240. The highest BCUT2D eigenvalue weighted by molar-refractivity contribution is 6.35. The summed E-state index contributed by atoms with van der Waals surface area (Å²) in [6.07, 6.45) is 3.99. The molecule has 0 spiro atoms. The van der Waals surface area contributed by atoms with E-state index in [0.29, 0.717) is 16.0 Å². The lowest BCUT2D eigenvalue weighted by Gasteiger charge is -2.22. The number of hydrogen-bond donors (Lipinski definition) is 1. The van der Waals surface area contributed by atoms with Crippen LogP contribution in [0, 0.1) is 17.8 Å². The van der Waals surface area contributed by atoms with Gasteiger partial charge in [0.2, 0.25) is 0 Å². The molecule has 2 aliphatic rings. The van der Waals surface area contributed by atoms with Crippen molar-refractivity contribution in [2.75, 3.05) is 0 Å². The largest absolute Gasteiger partial charge is 0.324 e. The van der Waals surface area contributed by atoms with E-state index in [4.69, 9.17) is 28.9 Å². The summed E-state index contributed by atoms with van der Waals surface area (Å²) in [5.41, 5.74) is 7.36. The molecule has 0 bridgehead atoms. The average Bonchev–Trinajstić information content (AvgIpc) is 2.85. The smallest absolute Gasteiger partial charge is 0.0468 e. The Labute approximate surface area is 106 Å². The summed E-state index contributed by atoms with van der Waals surface area (Å²) >= 11 is 12.1. The van der Waals surface area contributed by atoms with Gasteiger partial charge >= 0.3 is 0 Å². The molecule has 3 heteroatoms. The van der Waals surface area contributed by atoms with E-state index in [0.717, 1.165) is 17.4 Å². The third-order valence-electron chi connectivity index (χ3n) is 4.11. The SMILES string of the molecule is NC(c1ccc(Cl)cc1Cl)C1CC2CC2C1. The van der Waals surface area contributed by atoms with Crippen LogP contribution < -0.4 is 5.73 Å². The van der Waals surface area contributed by atoms with Crippen LogP contribution in [0.3, 0.4) is 0 Å². The summed E-state index contributed by atoms with van der Waals surface area (Å²) in [6.45, 7) is 0. The van der Waals surface area contributed by atoms with Crippen LogP contribution in [0.5, 0.6) is 0 Å². The predicted octanol–water partition coefficient (Wildman–Crippen LogP) is 4.04. The Balaban J connectivity index is 1.80. The van der Waals surface area contributed by atoms with Crippen molar-refractivity contribution in [3.8, 4) is 0 Å². The van der Waals surface area contributed by atoms with Gasteiger partial charge in [-0.1, -0.05) is 29.3 Å². The molecule has 1 aromatic rings. The van der Waals surface area contributed by atoms with Gasteiger partial charge in [0.1, 0.15) is 0 Å². The minimum Gasteiger partial charge on any atom is -0.324 e. The molecule has 0 aromatic heterocycles. The minimum atomic E-state index is 0.0811. The summed E-state index contributed by atoms with van der Waals surface area (Å²) in [7, 11) is 0. The monoisotopic (exact) mass is 255 g/mol. The van der Waals surface area contributed by atoms with Crippen molar-refractivity contribution in [3.63, 3.8) is 0 Å². The maximum atomic E-state index is 6.31. The van der Waals surface area contributed by atoms with E-state index in [2.05, 4.69) is 0 Å². The van der Waals surface area contributed by atoms with Crippen LogP contribution in [-0.2, 0) is 0 Å². The summed E-state index contributed by atoms with van der Waals surface area (Å²) in [5, 5.41) is 1.38. The lowest BCUT2D eigenvalue weighted by Crippen LogP contribution is -2.20. The second-order valence-corrected chi connectivity index (χ2v) is 6.02.